The second kappa shape index (κ2) is 9.76. The summed E-state index contributed by atoms with van der Waals surface area (Å²) in [5.74, 6) is -0.795. The number of fused-ring (bicyclic) bond motifs is 5. The number of rotatable bonds is 6. The number of para-hydroxylation sites is 1. The molecule has 36 heavy (non-hydrogen) atoms. The van der Waals surface area contributed by atoms with Gasteiger partial charge in [-0.05, 0) is 57.1 Å². The molecule has 0 radical (unpaired) electrons. The van der Waals surface area contributed by atoms with E-state index in [1.165, 1.54) is 30.2 Å². The van der Waals surface area contributed by atoms with Gasteiger partial charge < -0.3 is 19.9 Å². The summed E-state index contributed by atoms with van der Waals surface area (Å²) in [5, 5.41) is 3.04. The van der Waals surface area contributed by atoms with Crippen molar-refractivity contribution < 1.29 is 13.9 Å². The smallest absolute Gasteiger partial charge is 0.258 e. The predicted octanol–water partition coefficient (Wildman–Crippen LogP) is 3.25. The quantitative estimate of drug-likeness (QED) is 0.402. The minimum absolute atomic E-state index is 0.0465. The van der Waals surface area contributed by atoms with Crippen molar-refractivity contribution in [2.24, 2.45) is 0 Å². The van der Waals surface area contributed by atoms with Crippen molar-refractivity contribution in [3.63, 3.8) is 0 Å². The van der Waals surface area contributed by atoms with Gasteiger partial charge in [0.2, 0.25) is 5.43 Å². The normalized spacial score (nSPS) is 17.0. The molecule has 0 saturated carbocycles. The lowest BCUT2D eigenvalue weighted by molar-refractivity contribution is 0.0952. The zero-order valence-electron chi connectivity index (χ0n) is 20.0. The van der Waals surface area contributed by atoms with Crippen LogP contribution in [0.15, 0.2) is 35.1 Å². The molecule has 4 aromatic rings. The van der Waals surface area contributed by atoms with Crippen molar-refractivity contribution in [3.05, 3.63) is 51.9 Å². The average molecular weight is 510 g/mol. The SMILES string of the molecule is O=C(NCCCN1CCCC1)c1c(=O)c2cc(F)c(N3CCOCC3)nc2n2c1sc1ccccc12. The number of likely N-dealkylation sites (tertiary alicyclic amines) is 1. The fraction of sp³-hybridized carbons (Fsp3) is 0.423. The number of hydrogen-bond acceptors (Lipinski definition) is 7. The number of carbonyl (C=O) groups is 1. The summed E-state index contributed by atoms with van der Waals surface area (Å²) in [6.45, 7) is 5.65. The van der Waals surface area contributed by atoms with Crippen molar-refractivity contribution in [3.8, 4) is 0 Å². The molecule has 0 unspecified atom stereocenters. The van der Waals surface area contributed by atoms with Crippen LogP contribution in [-0.2, 0) is 4.74 Å². The number of halogens is 1. The fourth-order valence-electron chi connectivity index (χ4n) is 5.20. The molecule has 3 aromatic heterocycles. The predicted molar refractivity (Wildman–Crippen MR) is 140 cm³/mol. The minimum atomic E-state index is -0.571. The maximum Gasteiger partial charge on any atom is 0.258 e. The summed E-state index contributed by atoms with van der Waals surface area (Å²) >= 11 is 1.38. The van der Waals surface area contributed by atoms with E-state index in [2.05, 4.69) is 15.2 Å². The maximum absolute atomic E-state index is 15.3. The summed E-state index contributed by atoms with van der Waals surface area (Å²) in [4.78, 5) is 36.4. The molecule has 10 heteroatoms. The van der Waals surface area contributed by atoms with Crippen LogP contribution in [0.5, 0.6) is 0 Å². The zero-order valence-corrected chi connectivity index (χ0v) is 20.8. The second-order valence-corrected chi connectivity index (χ2v) is 10.4. The first kappa shape index (κ1) is 23.3. The lowest BCUT2D eigenvalue weighted by Gasteiger charge is -2.28. The second-order valence-electron chi connectivity index (χ2n) is 9.34. The Bertz CT molecular complexity index is 1500. The van der Waals surface area contributed by atoms with E-state index in [9.17, 15) is 9.59 Å². The number of pyridine rings is 2. The number of thiazole rings is 1. The molecule has 2 saturated heterocycles. The van der Waals surface area contributed by atoms with E-state index in [0.29, 0.717) is 43.3 Å². The van der Waals surface area contributed by atoms with Gasteiger partial charge in [-0.3, -0.25) is 14.0 Å². The van der Waals surface area contributed by atoms with Crippen LogP contribution in [0.25, 0.3) is 26.1 Å². The van der Waals surface area contributed by atoms with E-state index < -0.39 is 17.2 Å². The van der Waals surface area contributed by atoms with Crippen molar-refractivity contribution in [2.45, 2.75) is 19.3 Å². The first-order valence-electron chi connectivity index (χ1n) is 12.5. The highest BCUT2D eigenvalue weighted by Crippen LogP contribution is 2.32. The van der Waals surface area contributed by atoms with E-state index in [-0.39, 0.29) is 16.8 Å². The summed E-state index contributed by atoms with van der Waals surface area (Å²) in [6.07, 6.45) is 3.26. The van der Waals surface area contributed by atoms with Crippen LogP contribution in [0.3, 0.4) is 0 Å². The molecular formula is C26H28FN5O3S. The van der Waals surface area contributed by atoms with Gasteiger partial charge in [0, 0.05) is 19.6 Å². The van der Waals surface area contributed by atoms with Gasteiger partial charge in [0.25, 0.3) is 5.91 Å². The van der Waals surface area contributed by atoms with Gasteiger partial charge in [0.1, 0.15) is 10.4 Å². The van der Waals surface area contributed by atoms with Gasteiger partial charge in [-0.1, -0.05) is 12.1 Å². The average Bonchev–Trinajstić information content (AvgIpc) is 3.55. The third kappa shape index (κ3) is 4.12. The first-order chi connectivity index (χ1) is 17.6. The standard InChI is InChI=1S/C26H28FN5O3S/c27-18-16-17-22(33)21(25(34)28-8-5-11-30-9-3-4-10-30)26-32(19-6-1-2-7-20(19)36-26)23(17)29-24(18)31-12-14-35-15-13-31/h1-2,6-7,16H,3-5,8-15H2,(H,28,34). The number of carbonyl (C=O) groups excluding carboxylic acids is 1. The van der Waals surface area contributed by atoms with Crippen molar-refractivity contribution in [1.82, 2.24) is 19.6 Å². The van der Waals surface area contributed by atoms with Crippen molar-refractivity contribution >= 4 is 49.1 Å². The number of anilines is 1. The molecule has 8 nitrogen and oxygen atoms in total. The zero-order chi connectivity index (χ0) is 24.6. The molecule has 0 spiro atoms. The number of aromatic nitrogens is 2. The van der Waals surface area contributed by atoms with Crippen LogP contribution >= 0.6 is 11.3 Å². The van der Waals surface area contributed by atoms with Crippen LogP contribution in [-0.4, -0.2) is 72.7 Å². The third-order valence-corrected chi connectivity index (χ3v) is 8.17. The van der Waals surface area contributed by atoms with Crippen LogP contribution in [0.4, 0.5) is 10.2 Å². The number of hydrogen-bond donors (Lipinski definition) is 1. The van der Waals surface area contributed by atoms with Crippen LogP contribution in [0.1, 0.15) is 29.6 Å². The Morgan fingerprint density at radius 2 is 1.92 bits per heavy atom. The van der Waals surface area contributed by atoms with Gasteiger partial charge in [-0.2, -0.15) is 0 Å². The monoisotopic (exact) mass is 509 g/mol. The Morgan fingerprint density at radius 3 is 2.72 bits per heavy atom. The van der Waals surface area contributed by atoms with Gasteiger partial charge in [-0.25, -0.2) is 9.37 Å². The highest BCUT2D eigenvalue weighted by atomic mass is 32.1. The highest BCUT2D eigenvalue weighted by molar-refractivity contribution is 7.24. The van der Waals surface area contributed by atoms with E-state index in [1.54, 1.807) is 0 Å². The molecule has 2 aliphatic heterocycles. The number of benzene rings is 1. The molecule has 6 rings (SSSR count). The lowest BCUT2D eigenvalue weighted by atomic mass is 10.1. The van der Waals surface area contributed by atoms with E-state index >= 15 is 4.39 Å². The topological polar surface area (TPSA) is 79.2 Å². The van der Waals surface area contributed by atoms with E-state index in [0.717, 1.165) is 36.3 Å². The Labute approximate surface area is 211 Å². The summed E-state index contributed by atoms with van der Waals surface area (Å²) < 4.78 is 23.4. The molecule has 1 amide bonds. The van der Waals surface area contributed by atoms with Crippen molar-refractivity contribution in [2.75, 3.05) is 57.4 Å². The number of amides is 1. The van der Waals surface area contributed by atoms with Crippen LogP contribution < -0.4 is 15.6 Å². The summed E-state index contributed by atoms with van der Waals surface area (Å²) in [5.41, 5.74) is 0.747. The van der Waals surface area contributed by atoms with Gasteiger partial charge in [-0.15, -0.1) is 11.3 Å². The molecule has 2 aliphatic rings. The number of ether oxygens (including phenoxy) is 1. The maximum atomic E-state index is 15.3. The van der Waals surface area contributed by atoms with Gasteiger partial charge >= 0.3 is 0 Å². The fourth-order valence-corrected chi connectivity index (χ4v) is 6.38. The molecular weight excluding hydrogens is 481 g/mol. The molecule has 0 aliphatic carbocycles. The lowest BCUT2D eigenvalue weighted by Crippen LogP contribution is -2.37. The highest BCUT2D eigenvalue weighted by Gasteiger charge is 2.25. The third-order valence-electron chi connectivity index (χ3n) is 7.02. The first-order valence-corrected chi connectivity index (χ1v) is 13.3. The Morgan fingerprint density at radius 1 is 1.14 bits per heavy atom. The molecule has 1 N–H and O–H groups in total. The van der Waals surface area contributed by atoms with Crippen LogP contribution in [0.2, 0.25) is 0 Å². The van der Waals surface area contributed by atoms with Gasteiger partial charge in [0.05, 0.1) is 28.8 Å². The van der Waals surface area contributed by atoms with Gasteiger partial charge in [0.15, 0.2) is 17.3 Å². The Balaban J connectivity index is 1.44. The Kier molecular flexibility index (Phi) is 6.32. The van der Waals surface area contributed by atoms with E-state index in [4.69, 9.17) is 4.74 Å². The molecule has 0 atom stereocenters. The summed E-state index contributed by atoms with van der Waals surface area (Å²) in [6, 6.07) is 8.94. The molecule has 0 bridgehead atoms. The van der Waals surface area contributed by atoms with Crippen LogP contribution in [0, 0.1) is 5.82 Å². The summed E-state index contributed by atoms with van der Waals surface area (Å²) in [7, 11) is 0. The minimum Gasteiger partial charge on any atom is -0.378 e. The van der Waals surface area contributed by atoms with E-state index in [1.807, 2.05) is 33.6 Å². The van der Waals surface area contributed by atoms with Crippen molar-refractivity contribution in [1.29, 1.82) is 0 Å². The number of nitrogens with one attached hydrogen (secondary N) is 1. The number of nitrogens with zero attached hydrogens (tertiary/aromatic N) is 4. The molecule has 5 heterocycles. The number of morpholine rings is 1. The molecule has 188 valence electrons. The Hall–Kier alpha value is -3.08. The molecule has 1 aromatic carbocycles. The molecule has 2 fully saturated rings. The largest absolute Gasteiger partial charge is 0.378 e.